The zero-order valence-electron chi connectivity index (χ0n) is 12.5. The van der Waals surface area contributed by atoms with Gasteiger partial charge in [-0.25, -0.2) is 0 Å². The maximum absolute atomic E-state index is 5.59. The van der Waals surface area contributed by atoms with Gasteiger partial charge in [0.1, 0.15) is 0 Å². The smallest absolute Gasteiger partial charge is 0.0475 e. The fourth-order valence-electron chi connectivity index (χ4n) is 3.07. The zero-order valence-corrected chi connectivity index (χ0v) is 12.5. The lowest BCUT2D eigenvalue weighted by atomic mass is 9.72. The van der Waals surface area contributed by atoms with Crippen molar-refractivity contribution in [2.45, 2.75) is 39.0 Å². The van der Waals surface area contributed by atoms with Crippen molar-refractivity contribution >= 4 is 0 Å². The lowest BCUT2D eigenvalue weighted by molar-refractivity contribution is 0.0495. The van der Waals surface area contributed by atoms with E-state index in [1.165, 1.54) is 11.1 Å². The molecule has 0 radical (unpaired) electrons. The highest BCUT2D eigenvalue weighted by molar-refractivity contribution is 5.34. The molecule has 0 unspecified atom stereocenters. The van der Waals surface area contributed by atoms with Crippen LogP contribution in [0, 0.1) is 12.8 Å². The van der Waals surface area contributed by atoms with Gasteiger partial charge < -0.3 is 10.1 Å². The topological polar surface area (TPSA) is 21.3 Å². The quantitative estimate of drug-likeness (QED) is 0.878. The van der Waals surface area contributed by atoms with Gasteiger partial charge in [-0.05, 0) is 43.4 Å². The zero-order chi connectivity index (χ0) is 13.7. The summed E-state index contributed by atoms with van der Waals surface area (Å²) in [7, 11) is 0. The lowest BCUT2D eigenvalue weighted by Crippen LogP contribution is -2.44. The largest absolute Gasteiger partial charge is 0.381 e. The van der Waals surface area contributed by atoms with Crippen molar-refractivity contribution in [3.63, 3.8) is 0 Å². The molecule has 1 heterocycles. The minimum Gasteiger partial charge on any atom is -0.381 e. The predicted octanol–water partition coefficient (Wildman–Crippen LogP) is 3.29. The van der Waals surface area contributed by atoms with E-state index >= 15 is 0 Å². The van der Waals surface area contributed by atoms with Gasteiger partial charge in [0.2, 0.25) is 0 Å². The second-order valence-electron chi connectivity index (χ2n) is 6.23. The van der Waals surface area contributed by atoms with Gasteiger partial charge in [0.05, 0.1) is 0 Å². The Morgan fingerprint density at radius 3 is 2.53 bits per heavy atom. The summed E-state index contributed by atoms with van der Waals surface area (Å²) in [6, 6.07) is 8.84. The van der Waals surface area contributed by atoms with E-state index in [2.05, 4.69) is 50.4 Å². The van der Waals surface area contributed by atoms with E-state index < -0.39 is 0 Å². The Morgan fingerprint density at radius 2 is 1.89 bits per heavy atom. The van der Waals surface area contributed by atoms with Crippen molar-refractivity contribution in [2.24, 2.45) is 5.92 Å². The molecule has 0 saturated carbocycles. The van der Waals surface area contributed by atoms with Gasteiger partial charge in [0.15, 0.2) is 0 Å². The van der Waals surface area contributed by atoms with Crippen molar-refractivity contribution in [2.75, 3.05) is 26.3 Å². The molecule has 1 N–H and O–H groups in total. The minimum atomic E-state index is 0.262. The Hall–Kier alpha value is -0.860. The first-order chi connectivity index (χ1) is 9.14. The second-order valence-corrected chi connectivity index (χ2v) is 6.23. The Kier molecular flexibility index (Phi) is 5.00. The van der Waals surface area contributed by atoms with E-state index in [0.717, 1.165) is 39.1 Å². The van der Waals surface area contributed by atoms with Crippen molar-refractivity contribution in [3.8, 4) is 0 Å². The van der Waals surface area contributed by atoms with Gasteiger partial charge in [-0.2, -0.15) is 0 Å². The van der Waals surface area contributed by atoms with E-state index in [1.807, 2.05) is 0 Å². The lowest BCUT2D eigenvalue weighted by Gasteiger charge is -2.39. The second kappa shape index (κ2) is 6.53. The molecule has 0 bridgehead atoms. The van der Waals surface area contributed by atoms with Crippen LogP contribution in [-0.2, 0) is 10.2 Å². The molecule has 2 nitrogen and oxygen atoms in total. The Morgan fingerprint density at radius 1 is 1.21 bits per heavy atom. The van der Waals surface area contributed by atoms with Crippen molar-refractivity contribution in [3.05, 3.63) is 35.4 Å². The third kappa shape index (κ3) is 3.58. The van der Waals surface area contributed by atoms with E-state index in [4.69, 9.17) is 4.74 Å². The van der Waals surface area contributed by atoms with Gasteiger partial charge in [-0.1, -0.05) is 38.1 Å². The third-order valence-electron chi connectivity index (χ3n) is 4.18. The fourth-order valence-corrected chi connectivity index (χ4v) is 3.07. The molecule has 1 aromatic carbocycles. The molecule has 106 valence electrons. The highest BCUT2D eigenvalue weighted by Gasteiger charge is 2.34. The molecule has 0 spiro atoms. The summed E-state index contributed by atoms with van der Waals surface area (Å²) < 4.78 is 5.59. The van der Waals surface area contributed by atoms with Crippen LogP contribution < -0.4 is 5.32 Å². The van der Waals surface area contributed by atoms with Gasteiger partial charge in [-0.15, -0.1) is 0 Å². The number of rotatable bonds is 5. The SMILES string of the molecule is Cc1ccccc1C1(CNCC(C)C)CCOCC1. The molecule has 1 fully saturated rings. The summed E-state index contributed by atoms with van der Waals surface area (Å²) >= 11 is 0. The number of nitrogens with one attached hydrogen (secondary N) is 1. The number of hydrogen-bond donors (Lipinski definition) is 1. The third-order valence-corrected chi connectivity index (χ3v) is 4.18. The normalized spacial score (nSPS) is 18.7. The van der Waals surface area contributed by atoms with E-state index in [1.54, 1.807) is 0 Å². The average molecular weight is 261 g/mol. The maximum Gasteiger partial charge on any atom is 0.0475 e. The van der Waals surface area contributed by atoms with Crippen LogP contribution in [0.2, 0.25) is 0 Å². The van der Waals surface area contributed by atoms with Crippen LogP contribution >= 0.6 is 0 Å². The molecular formula is C17H27NO. The number of benzene rings is 1. The number of ether oxygens (including phenoxy) is 1. The van der Waals surface area contributed by atoms with Crippen LogP contribution in [-0.4, -0.2) is 26.3 Å². The molecule has 19 heavy (non-hydrogen) atoms. The molecule has 0 aliphatic carbocycles. The first-order valence-corrected chi connectivity index (χ1v) is 7.49. The van der Waals surface area contributed by atoms with Crippen LogP contribution in [0.4, 0.5) is 0 Å². The van der Waals surface area contributed by atoms with E-state index in [-0.39, 0.29) is 5.41 Å². The van der Waals surface area contributed by atoms with Crippen molar-refractivity contribution in [1.29, 1.82) is 0 Å². The van der Waals surface area contributed by atoms with Gasteiger partial charge in [0.25, 0.3) is 0 Å². The Bertz CT molecular complexity index is 394. The van der Waals surface area contributed by atoms with Crippen molar-refractivity contribution in [1.82, 2.24) is 5.32 Å². The molecule has 0 atom stereocenters. The first kappa shape index (κ1) is 14.5. The molecule has 2 heteroatoms. The fraction of sp³-hybridized carbons (Fsp3) is 0.647. The molecule has 1 aliphatic heterocycles. The Balaban J connectivity index is 2.17. The molecule has 1 saturated heterocycles. The predicted molar refractivity (Wildman–Crippen MR) is 80.6 cm³/mol. The summed E-state index contributed by atoms with van der Waals surface area (Å²) in [5, 5.41) is 3.67. The van der Waals surface area contributed by atoms with Crippen LogP contribution in [0.1, 0.15) is 37.8 Å². The van der Waals surface area contributed by atoms with Gasteiger partial charge >= 0.3 is 0 Å². The van der Waals surface area contributed by atoms with Gasteiger partial charge in [0, 0.05) is 25.2 Å². The molecule has 0 amide bonds. The molecule has 1 aromatic rings. The van der Waals surface area contributed by atoms with E-state index in [9.17, 15) is 0 Å². The monoisotopic (exact) mass is 261 g/mol. The number of aryl methyl sites for hydroxylation is 1. The van der Waals surface area contributed by atoms with Crippen LogP contribution in [0.15, 0.2) is 24.3 Å². The molecule has 1 aliphatic rings. The van der Waals surface area contributed by atoms with Gasteiger partial charge in [-0.3, -0.25) is 0 Å². The summed E-state index contributed by atoms with van der Waals surface area (Å²) in [5.74, 6) is 0.703. The van der Waals surface area contributed by atoms with Crippen LogP contribution in [0.25, 0.3) is 0 Å². The highest BCUT2D eigenvalue weighted by atomic mass is 16.5. The molecular weight excluding hydrogens is 234 g/mol. The average Bonchev–Trinajstić information content (AvgIpc) is 2.40. The maximum atomic E-state index is 5.59. The van der Waals surface area contributed by atoms with Crippen LogP contribution in [0.3, 0.4) is 0 Å². The minimum absolute atomic E-state index is 0.262. The first-order valence-electron chi connectivity index (χ1n) is 7.49. The molecule has 0 aromatic heterocycles. The van der Waals surface area contributed by atoms with Crippen LogP contribution in [0.5, 0.6) is 0 Å². The summed E-state index contributed by atoms with van der Waals surface area (Å²) in [4.78, 5) is 0. The summed E-state index contributed by atoms with van der Waals surface area (Å²) in [6.45, 7) is 10.7. The number of hydrogen-bond acceptors (Lipinski definition) is 2. The Labute approximate surface area is 117 Å². The van der Waals surface area contributed by atoms with E-state index in [0.29, 0.717) is 5.92 Å². The van der Waals surface area contributed by atoms with Crippen molar-refractivity contribution < 1.29 is 4.74 Å². The summed E-state index contributed by atoms with van der Waals surface area (Å²) in [6.07, 6.45) is 2.26. The molecule has 2 rings (SSSR count). The highest BCUT2D eigenvalue weighted by Crippen LogP contribution is 2.36. The standard InChI is InChI=1S/C17H27NO/c1-14(2)12-18-13-17(8-10-19-11-9-17)16-7-5-4-6-15(16)3/h4-7,14,18H,8-13H2,1-3H3. The summed E-state index contributed by atoms with van der Waals surface area (Å²) in [5.41, 5.74) is 3.18.